The highest BCUT2D eigenvalue weighted by Crippen LogP contribution is 2.48. The molecule has 6 heteroatoms. The number of carboxylic acid groups (broad SMARTS) is 1. The lowest BCUT2D eigenvalue weighted by molar-refractivity contribution is -0.137. The lowest BCUT2D eigenvalue weighted by Crippen LogP contribution is -2.38. The number of hydrogen-bond acceptors (Lipinski definition) is 5. The minimum Gasteiger partial charge on any atom is -0.481 e. The second kappa shape index (κ2) is 7.04. The van der Waals surface area contributed by atoms with Gasteiger partial charge in [0, 0.05) is 18.3 Å². The van der Waals surface area contributed by atoms with E-state index in [1.165, 1.54) is 0 Å². The second-order valence-electron chi connectivity index (χ2n) is 5.90. The summed E-state index contributed by atoms with van der Waals surface area (Å²) in [6.45, 7) is 1.99. The van der Waals surface area contributed by atoms with Crippen molar-refractivity contribution in [2.45, 2.75) is 44.8 Å². The van der Waals surface area contributed by atoms with Crippen molar-refractivity contribution in [3.63, 3.8) is 0 Å². The van der Waals surface area contributed by atoms with E-state index in [1.807, 2.05) is 6.08 Å². The maximum Gasteiger partial charge on any atom is 0.303 e. The molecule has 6 nitrogen and oxygen atoms in total. The number of aliphatic hydroxyl groups is 2. The van der Waals surface area contributed by atoms with E-state index < -0.39 is 12.1 Å². The first kappa shape index (κ1) is 16.0. The highest BCUT2D eigenvalue weighted by molar-refractivity contribution is 5.93. The minimum absolute atomic E-state index is 0.0642. The highest BCUT2D eigenvalue weighted by atomic mass is 16.6. The van der Waals surface area contributed by atoms with Crippen LogP contribution in [0.2, 0.25) is 0 Å². The summed E-state index contributed by atoms with van der Waals surface area (Å²) in [5.41, 5.74) is 0.960. The molecule has 0 saturated heterocycles. The third-order valence-electron chi connectivity index (χ3n) is 4.24. The molecule has 0 aromatic rings. The van der Waals surface area contributed by atoms with Crippen molar-refractivity contribution in [1.29, 1.82) is 0 Å². The van der Waals surface area contributed by atoms with Gasteiger partial charge in [-0.2, -0.15) is 0 Å². The van der Waals surface area contributed by atoms with E-state index in [9.17, 15) is 15.0 Å². The third kappa shape index (κ3) is 4.04. The van der Waals surface area contributed by atoms with Crippen LogP contribution in [0.1, 0.15) is 32.6 Å². The predicted octanol–water partition coefficient (Wildman–Crippen LogP) is 1.18. The van der Waals surface area contributed by atoms with Gasteiger partial charge in [0.15, 0.2) is 0 Å². The summed E-state index contributed by atoms with van der Waals surface area (Å²) in [7, 11) is 0. The molecule has 2 saturated carbocycles. The van der Waals surface area contributed by atoms with E-state index in [2.05, 4.69) is 5.16 Å². The Morgan fingerprint density at radius 1 is 1.57 bits per heavy atom. The Balaban J connectivity index is 1.77. The predicted molar refractivity (Wildman–Crippen MR) is 76.8 cm³/mol. The molecule has 118 valence electrons. The zero-order valence-corrected chi connectivity index (χ0v) is 12.2. The number of aliphatic hydroxyl groups excluding tert-OH is 2. The zero-order chi connectivity index (χ0) is 15.4. The van der Waals surface area contributed by atoms with Gasteiger partial charge in [-0.25, -0.2) is 0 Å². The number of fused-ring (bicyclic) bond motifs is 1. The average Bonchev–Trinajstić information content (AvgIpc) is 2.63. The highest BCUT2D eigenvalue weighted by Gasteiger charge is 2.51. The first-order valence-corrected chi connectivity index (χ1v) is 7.44. The number of carboxylic acids is 1. The van der Waals surface area contributed by atoms with Crippen LogP contribution in [0, 0.1) is 17.8 Å². The molecule has 0 amide bonds. The van der Waals surface area contributed by atoms with Gasteiger partial charge in [-0.1, -0.05) is 17.3 Å². The molecular formula is C15H23NO5. The normalized spacial score (nSPS) is 34.7. The molecule has 2 aliphatic carbocycles. The summed E-state index contributed by atoms with van der Waals surface area (Å²) < 4.78 is 0. The lowest BCUT2D eigenvalue weighted by atomic mass is 9.73. The Bertz CT molecular complexity index is 432. The van der Waals surface area contributed by atoms with Crippen molar-refractivity contribution in [3.05, 3.63) is 12.2 Å². The molecule has 0 aliphatic heterocycles. The van der Waals surface area contributed by atoms with Crippen LogP contribution in [-0.2, 0) is 9.63 Å². The van der Waals surface area contributed by atoms with E-state index in [1.54, 1.807) is 13.0 Å². The Morgan fingerprint density at radius 3 is 3.00 bits per heavy atom. The van der Waals surface area contributed by atoms with E-state index >= 15 is 0 Å². The summed E-state index contributed by atoms with van der Waals surface area (Å²) in [6.07, 6.45) is 4.81. The standard InChI is InChI=1S/C15H23NO5/c1-9(17)4-5-10-7-11-12(15(10)20)8-13(11)16-21-6-2-3-14(18)19/h4-5,9-12,15,17,20H,2-3,6-8H2,1H3,(H,18,19)/t9?,10?,11-,12+,15?/m0/s1. The van der Waals surface area contributed by atoms with Gasteiger partial charge < -0.3 is 20.2 Å². The summed E-state index contributed by atoms with van der Waals surface area (Å²) in [4.78, 5) is 15.5. The molecule has 2 fully saturated rings. The number of rotatable bonds is 7. The fourth-order valence-corrected chi connectivity index (χ4v) is 3.06. The monoisotopic (exact) mass is 297 g/mol. The summed E-state index contributed by atoms with van der Waals surface area (Å²) in [5, 5.41) is 32.0. The van der Waals surface area contributed by atoms with Crippen LogP contribution in [0.5, 0.6) is 0 Å². The maximum atomic E-state index is 10.4. The van der Waals surface area contributed by atoms with Gasteiger partial charge in [0.1, 0.15) is 6.61 Å². The molecule has 5 atom stereocenters. The number of nitrogens with zero attached hydrogens (tertiary/aromatic N) is 1. The van der Waals surface area contributed by atoms with Gasteiger partial charge in [-0.05, 0) is 32.1 Å². The zero-order valence-electron chi connectivity index (χ0n) is 12.2. The van der Waals surface area contributed by atoms with Crippen LogP contribution in [0.4, 0.5) is 0 Å². The molecule has 0 radical (unpaired) electrons. The van der Waals surface area contributed by atoms with Crippen molar-refractivity contribution >= 4 is 11.7 Å². The quantitative estimate of drug-likeness (QED) is 0.372. The average molecular weight is 297 g/mol. The molecule has 3 unspecified atom stereocenters. The first-order valence-electron chi connectivity index (χ1n) is 7.44. The molecule has 3 N–H and O–H groups in total. The van der Waals surface area contributed by atoms with Gasteiger partial charge in [-0.3, -0.25) is 4.79 Å². The van der Waals surface area contributed by atoms with Gasteiger partial charge in [0.05, 0.1) is 17.9 Å². The van der Waals surface area contributed by atoms with Crippen LogP contribution in [0.25, 0.3) is 0 Å². The summed E-state index contributed by atoms with van der Waals surface area (Å²) >= 11 is 0. The van der Waals surface area contributed by atoms with E-state index in [-0.39, 0.29) is 30.3 Å². The molecule has 0 spiro atoms. The van der Waals surface area contributed by atoms with Crippen LogP contribution in [0.15, 0.2) is 17.3 Å². The van der Waals surface area contributed by atoms with Crippen LogP contribution < -0.4 is 0 Å². The van der Waals surface area contributed by atoms with Gasteiger partial charge in [0.25, 0.3) is 0 Å². The molecule has 0 aromatic carbocycles. The summed E-state index contributed by atoms with van der Waals surface area (Å²) in [5.74, 6) is -0.283. The summed E-state index contributed by atoms with van der Waals surface area (Å²) in [6, 6.07) is 0. The number of hydrogen-bond donors (Lipinski definition) is 3. The van der Waals surface area contributed by atoms with Crippen molar-refractivity contribution in [1.82, 2.24) is 0 Å². The van der Waals surface area contributed by atoms with Crippen molar-refractivity contribution in [3.8, 4) is 0 Å². The van der Waals surface area contributed by atoms with Crippen molar-refractivity contribution < 1.29 is 25.0 Å². The maximum absolute atomic E-state index is 10.4. The number of carbonyl (C=O) groups is 1. The van der Waals surface area contributed by atoms with Crippen LogP contribution in [-0.4, -0.2) is 45.8 Å². The Kier molecular flexibility index (Phi) is 5.36. The van der Waals surface area contributed by atoms with Crippen molar-refractivity contribution in [2.24, 2.45) is 22.9 Å². The van der Waals surface area contributed by atoms with E-state index in [0.29, 0.717) is 13.0 Å². The molecule has 0 heterocycles. The van der Waals surface area contributed by atoms with Crippen LogP contribution in [0.3, 0.4) is 0 Å². The van der Waals surface area contributed by atoms with E-state index in [4.69, 9.17) is 9.94 Å². The molecule has 2 rings (SSSR count). The SMILES string of the molecule is CC(O)C=CC1C[C@@H]2C(=NOCCCC(=O)O)C[C@H]2C1O. The van der Waals surface area contributed by atoms with Gasteiger partial charge >= 0.3 is 5.97 Å². The number of aliphatic carboxylic acids is 1. The largest absolute Gasteiger partial charge is 0.481 e. The van der Waals surface area contributed by atoms with E-state index in [0.717, 1.165) is 18.6 Å². The molecular weight excluding hydrogens is 274 g/mol. The van der Waals surface area contributed by atoms with Crippen molar-refractivity contribution in [2.75, 3.05) is 6.61 Å². The fraction of sp³-hybridized carbons (Fsp3) is 0.733. The molecule has 0 aromatic heterocycles. The fourth-order valence-electron chi connectivity index (χ4n) is 3.06. The Hall–Kier alpha value is -1.40. The topological polar surface area (TPSA) is 99.4 Å². The first-order chi connectivity index (χ1) is 9.99. The Labute approximate surface area is 124 Å². The second-order valence-corrected chi connectivity index (χ2v) is 5.90. The third-order valence-corrected chi connectivity index (χ3v) is 4.24. The molecule has 21 heavy (non-hydrogen) atoms. The number of oxime groups is 1. The smallest absolute Gasteiger partial charge is 0.303 e. The molecule has 0 bridgehead atoms. The Morgan fingerprint density at radius 2 is 2.33 bits per heavy atom. The lowest BCUT2D eigenvalue weighted by Gasteiger charge is -2.33. The van der Waals surface area contributed by atoms with Gasteiger partial charge in [-0.15, -0.1) is 0 Å². The van der Waals surface area contributed by atoms with Crippen LogP contribution >= 0.6 is 0 Å². The minimum atomic E-state index is -0.832. The molecule has 2 aliphatic rings. The van der Waals surface area contributed by atoms with Gasteiger partial charge in [0.2, 0.25) is 0 Å².